The highest BCUT2D eigenvalue weighted by Gasteiger charge is 1.89. The number of hydrogen-bond donors (Lipinski definition) is 1. The maximum absolute atomic E-state index is 4.47. The van der Waals surface area contributed by atoms with Crippen molar-refractivity contribution >= 4 is 28.8 Å². The number of nitrogens with zero attached hydrogens (tertiary/aromatic N) is 3. The SMILES string of the molecule is CN=NNc1ccc(N=C=S)cc1. The van der Waals surface area contributed by atoms with E-state index in [-0.39, 0.29) is 0 Å². The van der Waals surface area contributed by atoms with Crippen LogP contribution in [-0.4, -0.2) is 12.2 Å². The molecular formula is C8H8N4S. The van der Waals surface area contributed by atoms with E-state index < -0.39 is 0 Å². The first-order valence-corrected chi connectivity index (χ1v) is 4.00. The molecule has 66 valence electrons. The molecule has 0 heterocycles. The Hall–Kier alpha value is -1.58. The number of anilines is 1. The van der Waals surface area contributed by atoms with Crippen LogP contribution in [0.1, 0.15) is 0 Å². The average Bonchev–Trinajstić information content (AvgIpc) is 2.17. The quantitative estimate of drug-likeness (QED) is 0.346. The third kappa shape index (κ3) is 3.11. The number of isothiocyanates is 1. The lowest BCUT2D eigenvalue weighted by atomic mass is 10.3. The lowest BCUT2D eigenvalue weighted by Crippen LogP contribution is -1.84. The molecule has 5 heteroatoms. The molecule has 0 aliphatic heterocycles. The molecule has 13 heavy (non-hydrogen) atoms. The highest BCUT2D eigenvalue weighted by molar-refractivity contribution is 7.78. The summed E-state index contributed by atoms with van der Waals surface area (Å²) in [6.45, 7) is 0. The van der Waals surface area contributed by atoms with Crippen molar-refractivity contribution in [3.05, 3.63) is 24.3 Å². The van der Waals surface area contributed by atoms with E-state index in [1.54, 1.807) is 7.05 Å². The third-order valence-electron chi connectivity index (χ3n) is 1.32. The monoisotopic (exact) mass is 192 g/mol. The first-order chi connectivity index (χ1) is 6.36. The zero-order valence-corrected chi connectivity index (χ0v) is 7.88. The first-order valence-electron chi connectivity index (χ1n) is 3.59. The lowest BCUT2D eigenvalue weighted by Gasteiger charge is -1.97. The second-order valence-corrected chi connectivity index (χ2v) is 2.34. The number of benzene rings is 1. The van der Waals surface area contributed by atoms with Gasteiger partial charge in [0.2, 0.25) is 0 Å². The van der Waals surface area contributed by atoms with Crippen molar-refractivity contribution in [2.75, 3.05) is 12.5 Å². The molecule has 0 aliphatic carbocycles. The fourth-order valence-corrected chi connectivity index (χ4v) is 0.876. The molecular weight excluding hydrogens is 184 g/mol. The second kappa shape index (κ2) is 5.13. The van der Waals surface area contributed by atoms with Crippen molar-refractivity contribution in [2.24, 2.45) is 15.3 Å². The molecule has 0 fully saturated rings. The Morgan fingerprint density at radius 1 is 1.31 bits per heavy atom. The van der Waals surface area contributed by atoms with E-state index in [9.17, 15) is 0 Å². The Balaban J connectivity index is 2.74. The molecule has 0 saturated carbocycles. The molecule has 0 saturated heterocycles. The summed E-state index contributed by atoms with van der Waals surface area (Å²) < 4.78 is 0. The van der Waals surface area contributed by atoms with Crippen LogP contribution in [0.25, 0.3) is 0 Å². The fourth-order valence-electron chi connectivity index (χ4n) is 0.771. The van der Waals surface area contributed by atoms with Gasteiger partial charge < -0.3 is 0 Å². The average molecular weight is 192 g/mol. The molecule has 1 aromatic rings. The third-order valence-corrected chi connectivity index (χ3v) is 1.41. The van der Waals surface area contributed by atoms with E-state index in [1.165, 1.54) is 0 Å². The van der Waals surface area contributed by atoms with E-state index in [0.29, 0.717) is 0 Å². The van der Waals surface area contributed by atoms with Gasteiger partial charge in [0.25, 0.3) is 0 Å². The van der Waals surface area contributed by atoms with Crippen molar-refractivity contribution < 1.29 is 0 Å². The van der Waals surface area contributed by atoms with Crippen LogP contribution in [-0.2, 0) is 0 Å². The van der Waals surface area contributed by atoms with Crippen LogP contribution in [0.15, 0.2) is 39.6 Å². The largest absolute Gasteiger partial charge is 0.260 e. The van der Waals surface area contributed by atoms with E-state index in [4.69, 9.17) is 0 Å². The van der Waals surface area contributed by atoms with E-state index in [1.807, 2.05) is 24.3 Å². The molecule has 1 rings (SSSR count). The number of nitrogens with one attached hydrogen (secondary N) is 1. The number of thiocarbonyl (C=S) groups is 1. The number of rotatable bonds is 3. The van der Waals surface area contributed by atoms with Gasteiger partial charge in [0, 0.05) is 0 Å². The lowest BCUT2D eigenvalue weighted by molar-refractivity contribution is 1.08. The van der Waals surface area contributed by atoms with Gasteiger partial charge in [0.05, 0.1) is 23.6 Å². The Kier molecular flexibility index (Phi) is 3.75. The predicted octanol–water partition coefficient (Wildman–Crippen LogP) is 2.83. The van der Waals surface area contributed by atoms with Gasteiger partial charge in [-0.3, -0.25) is 5.43 Å². The summed E-state index contributed by atoms with van der Waals surface area (Å²) in [4.78, 5) is 3.81. The predicted molar refractivity (Wildman–Crippen MR) is 55.5 cm³/mol. The molecule has 0 amide bonds. The van der Waals surface area contributed by atoms with Crippen LogP contribution in [0.3, 0.4) is 0 Å². The van der Waals surface area contributed by atoms with Crippen molar-refractivity contribution in [2.45, 2.75) is 0 Å². The smallest absolute Gasteiger partial charge is 0.0741 e. The molecule has 0 aromatic heterocycles. The van der Waals surface area contributed by atoms with Gasteiger partial charge in [-0.1, -0.05) is 5.22 Å². The fraction of sp³-hybridized carbons (Fsp3) is 0.125. The van der Waals surface area contributed by atoms with E-state index in [2.05, 4.69) is 38.1 Å². The van der Waals surface area contributed by atoms with Gasteiger partial charge in [-0.25, -0.2) is 0 Å². The van der Waals surface area contributed by atoms with Gasteiger partial charge in [0.1, 0.15) is 0 Å². The van der Waals surface area contributed by atoms with Gasteiger partial charge in [-0.15, -0.1) is 0 Å². The Morgan fingerprint density at radius 3 is 2.54 bits per heavy atom. The highest BCUT2D eigenvalue weighted by Crippen LogP contribution is 2.15. The minimum Gasteiger partial charge on any atom is -0.260 e. The maximum atomic E-state index is 4.47. The molecule has 4 nitrogen and oxygen atoms in total. The van der Waals surface area contributed by atoms with E-state index in [0.717, 1.165) is 11.4 Å². The summed E-state index contributed by atoms with van der Waals surface area (Å²) in [7, 11) is 1.60. The van der Waals surface area contributed by atoms with Crippen molar-refractivity contribution in [1.82, 2.24) is 0 Å². The molecule has 1 N–H and O–H groups in total. The topological polar surface area (TPSA) is 49.1 Å². The van der Waals surface area contributed by atoms with Crippen molar-refractivity contribution in [3.63, 3.8) is 0 Å². The number of aliphatic imine (C=N–C) groups is 1. The molecule has 0 aliphatic rings. The summed E-state index contributed by atoms with van der Waals surface area (Å²) in [5.41, 5.74) is 4.36. The summed E-state index contributed by atoms with van der Waals surface area (Å²) in [5.74, 6) is 0. The summed E-state index contributed by atoms with van der Waals surface area (Å²) in [5, 5.41) is 9.47. The molecule has 1 aromatic carbocycles. The van der Waals surface area contributed by atoms with E-state index >= 15 is 0 Å². The highest BCUT2D eigenvalue weighted by atomic mass is 32.1. The van der Waals surface area contributed by atoms with Gasteiger partial charge in [-0.2, -0.15) is 10.1 Å². The minimum atomic E-state index is 0.772. The second-order valence-electron chi connectivity index (χ2n) is 2.16. The summed E-state index contributed by atoms with van der Waals surface area (Å²) >= 11 is 4.47. The zero-order valence-electron chi connectivity index (χ0n) is 7.06. The van der Waals surface area contributed by atoms with Crippen LogP contribution >= 0.6 is 12.2 Å². The minimum absolute atomic E-state index is 0.772. The zero-order chi connectivity index (χ0) is 9.52. The standard InChI is InChI=1S/C8H8N4S/c1-9-12-11-8-4-2-7(3-5-8)10-6-13/h2-5H,1H3,(H,9,11). The first kappa shape index (κ1) is 9.51. The van der Waals surface area contributed by atoms with Crippen molar-refractivity contribution in [3.8, 4) is 0 Å². The van der Waals surface area contributed by atoms with Crippen LogP contribution < -0.4 is 5.43 Å². The molecule has 0 bridgehead atoms. The Bertz CT molecular complexity index is 338. The normalized spacial score (nSPS) is 9.62. The van der Waals surface area contributed by atoms with Crippen LogP contribution in [0.5, 0.6) is 0 Å². The van der Waals surface area contributed by atoms with Crippen LogP contribution in [0, 0.1) is 0 Å². The van der Waals surface area contributed by atoms with Crippen LogP contribution in [0.4, 0.5) is 11.4 Å². The van der Waals surface area contributed by atoms with Crippen molar-refractivity contribution in [1.29, 1.82) is 0 Å². The van der Waals surface area contributed by atoms with Crippen LogP contribution in [0.2, 0.25) is 0 Å². The maximum Gasteiger partial charge on any atom is 0.0741 e. The summed E-state index contributed by atoms with van der Waals surface area (Å²) in [6.07, 6.45) is 0. The Morgan fingerprint density at radius 2 is 2.00 bits per heavy atom. The summed E-state index contributed by atoms with van der Waals surface area (Å²) in [6, 6.07) is 7.29. The Labute approximate surface area is 81.4 Å². The van der Waals surface area contributed by atoms with Gasteiger partial charge in [-0.05, 0) is 36.5 Å². The molecule has 0 spiro atoms. The van der Waals surface area contributed by atoms with Gasteiger partial charge >= 0.3 is 0 Å². The molecule has 0 radical (unpaired) electrons. The van der Waals surface area contributed by atoms with Gasteiger partial charge in [0.15, 0.2) is 0 Å². The molecule has 0 unspecified atom stereocenters. The molecule has 0 atom stereocenters. The number of hydrogen-bond acceptors (Lipinski definition) is 4.